The van der Waals surface area contributed by atoms with E-state index in [4.69, 9.17) is 9.47 Å². The van der Waals surface area contributed by atoms with Crippen LogP contribution in [0.5, 0.6) is 11.5 Å². The van der Waals surface area contributed by atoms with Gasteiger partial charge in [-0.05, 0) is 50.3 Å². The normalized spacial score (nSPS) is 25.1. The number of rotatable bonds is 8. The van der Waals surface area contributed by atoms with Crippen molar-refractivity contribution < 1.29 is 29.3 Å². The number of ether oxygens (including phenoxy) is 2. The molecule has 1 aromatic carbocycles. The first-order valence-corrected chi connectivity index (χ1v) is 11.5. The summed E-state index contributed by atoms with van der Waals surface area (Å²) in [6, 6.07) is 5.85. The van der Waals surface area contributed by atoms with E-state index in [0.717, 1.165) is 18.4 Å². The van der Waals surface area contributed by atoms with Crippen molar-refractivity contribution in [3.8, 4) is 11.5 Å². The van der Waals surface area contributed by atoms with Crippen LogP contribution in [0.4, 0.5) is 0 Å². The second-order valence-corrected chi connectivity index (χ2v) is 10.3. The van der Waals surface area contributed by atoms with Gasteiger partial charge in [0.25, 0.3) is 0 Å². The molecule has 2 N–H and O–H groups in total. The van der Waals surface area contributed by atoms with Crippen molar-refractivity contribution in [2.75, 3.05) is 20.2 Å². The number of aliphatic carboxylic acids is 1. The van der Waals surface area contributed by atoms with Crippen LogP contribution in [0.3, 0.4) is 0 Å². The lowest BCUT2D eigenvalue weighted by atomic mass is 9.72. The Morgan fingerprint density at radius 3 is 2.47 bits per heavy atom. The van der Waals surface area contributed by atoms with Crippen LogP contribution in [0.1, 0.15) is 71.3 Å². The minimum Gasteiger partial charge on any atom is -0.493 e. The molecule has 2 aliphatic rings. The van der Waals surface area contributed by atoms with Crippen molar-refractivity contribution in [1.29, 1.82) is 0 Å². The highest BCUT2D eigenvalue weighted by atomic mass is 16.5. The minimum absolute atomic E-state index is 0.121. The van der Waals surface area contributed by atoms with E-state index in [2.05, 4.69) is 0 Å². The maximum atomic E-state index is 13.2. The first-order valence-electron chi connectivity index (χ1n) is 11.5. The Morgan fingerprint density at radius 1 is 1.25 bits per heavy atom. The van der Waals surface area contributed by atoms with Crippen molar-refractivity contribution >= 4 is 11.9 Å². The van der Waals surface area contributed by atoms with Gasteiger partial charge >= 0.3 is 5.97 Å². The van der Waals surface area contributed by atoms with Crippen molar-refractivity contribution in [1.82, 2.24) is 4.90 Å². The maximum absolute atomic E-state index is 13.2. The molecule has 2 fully saturated rings. The van der Waals surface area contributed by atoms with Crippen LogP contribution in [-0.4, -0.2) is 59.4 Å². The highest BCUT2D eigenvalue weighted by molar-refractivity contribution is 5.86. The molecule has 0 spiro atoms. The van der Waals surface area contributed by atoms with Gasteiger partial charge in [0.15, 0.2) is 11.5 Å². The van der Waals surface area contributed by atoms with Gasteiger partial charge in [-0.3, -0.25) is 9.59 Å². The number of aliphatic hydroxyl groups is 1. The molecule has 1 aliphatic heterocycles. The first-order chi connectivity index (χ1) is 15.0. The van der Waals surface area contributed by atoms with Crippen molar-refractivity contribution in [2.24, 2.45) is 10.8 Å². The fourth-order valence-electron chi connectivity index (χ4n) is 5.15. The summed E-state index contributed by atoms with van der Waals surface area (Å²) in [4.78, 5) is 26.2. The largest absolute Gasteiger partial charge is 0.493 e. The molecule has 7 heteroatoms. The zero-order valence-corrected chi connectivity index (χ0v) is 19.9. The molecule has 0 bridgehead atoms. The van der Waals surface area contributed by atoms with E-state index in [1.807, 2.05) is 25.1 Å². The average molecular weight is 448 g/mol. The second-order valence-electron chi connectivity index (χ2n) is 10.3. The van der Waals surface area contributed by atoms with Gasteiger partial charge in [-0.25, -0.2) is 0 Å². The van der Waals surface area contributed by atoms with Gasteiger partial charge in [-0.2, -0.15) is 0 Å². The predicted molar refractivity (Wildman–Crippen MR) is 121 cm³/mol. The number of carboxylic acid groups (broad SMARTS) is 1. The molecule has 0 unspecified atom stereocenters. The van der Waals surface area contributed by atoms with Crippen LogP contribution in [0.2, 0.25) is 0 Å². The molecule has 1 amide bonds. The van der Waals surface area contributed by atoms with Gasteiger partial charge in [0, 0.05) is 24.4 Å². The van der Waals surface area contributed by atoms with Gasteiger partial charge < -0.3 is 24.6 Å². The van der Waals surface area contributed by atoms with Crippen LogP contribution >= 0.6 is 0 Å². The summed E-state index contributed by atoms with van der Waals surface area (Å²) in [6.07, 6.45) is 3.68. The van der Waals surface area contributed by atoms with Gasteiger partial charge in [0.1, 0.15) is 0 Å². The van der Waals surface area contributed by atoms with E-state index in [0.29, 0.717) is 24.6 Å². The fourth-order valence-corrected chi connectivity index (χ4v) is 5.15. The van der Waals surface area contributed by atoms with E-state index in [1.54, 1.807) is 32.8 Å². The second kappa shape index (κ2) is 9.30. The molecule has 0 radical (unpaired) electrons. The molecule has 1 heterocycles. The molecule has 1 aliphatic carbocycles. The number of benzene rings is 1. The topological polar surface area (TPSA) is 96.3 Å². The van der Waals surface area contributed by atoms with Crippen LogP contribution in [0, 0.1) is 10.8 Å². The summed E-state index contributed by atoms with van der Waals surface area (Å²) in [6.45, 7) is 7.85. The van der Waals surface area contributed by atoms with Gasteiger partial charge in [0.2, 0.25) is 5.91 Å². The fraction of sp³-hybridized carbons (Fsp3) is 0.680. The van der Waals surface area contributed by atoms with Crippen LogP contribution < -0.4 is 9.47 Å². The number of carboxylic acids is 1. The molecular formula is C25H37NO6. The Bertz CT molecular complexity index is 845. The zero-order chi connectivity index (χ0) is 23.7. The molecule has 3 rings (SSSR count). The van der Waals surface area contributed by atoms with Crippen molar-refractivity contribution in [3.63, 3.8) is 0 Å². The summed E-state index contributed by atoms with van der Waals surface area (Å²) < 4.78 is 11.8. The van der Waals surface area contributed by atoms with Gasteiger partial charge in [-0.15, -0.1) is 0 Å². The molecule has 1 aromatic rings. The highest BCUT2D eigenvalue weighted by Gasteiger charge is 2.50. The highest BCUT2D eigenvalue weighted by Crippen LogP contribution is 2.48. The van der Waals surface area contributed by atoms with Crippen LogP contribution in [0.15, 0.2) is 18.2 Å². The van der Waals surface area contributed by atoms with E-state index in [9.17, 15) is 19.8 Å². The average Bonchev–Trinajstić information content (AvgIpc) is 3.34. The standard InChI is InChI=1S/C25H37NO6/c1-16(27)25(4)15-26(23(30)24(2,3)13-22(28)29)14-19(25)17-10-11-20(31-5)21(12-17)32-18-8-6-7-9-18/h10-12,16,18-19,27H,6-9,13-15H2,1-5H3,(H,28,29)/t16-,19+,25+/m1/s1. The molecule has 1 saturated carbocycles. The molecular weight excluding hydrogens is 410 g/mol. The van der Waals surface area contributed by atoms with E-state index in [1.165, 1.54) is 12.8 Å². The van der Waals surface area contributed by atoms with Crippen molar-refractivity contribution in [2.45, 2.75) is 77.9 Å². The molecule has 3 atom stereocenters. The summed E-state index contributed by atoms with van der Waals surface area (Å²) >= 11 is 0. The number of methoxy groups -OCH3 is 1. The molecule has 1 saturated heterocycles. The number of carbonyl (C=O) groups excluding carboxylic acids is 1. The molecule has 7 nitrogen and oxygen atoms in total. The van der Waals surface area contributed by atoms with Crippen molar-refractivity contribution in [3.05, 3.63) is 23.8 Å². The van der Waals surface area contributed by atoms with Crippen LogP contribution in [0.25, 0.3) is 0 Å². The Balaban J connectivity index is 1.91. The van der Waals surface area contributed by atoms with Crippen LogP contribution in [-0.2, 0) is 9.59 Å². The number of hydrogen-bond acceptors (Lipinski definition) is 5. The Morgan fingerprint density at radius 2 is 1.91 bits per heavy atom. The molecule has 178 valence electrons. The SMILES string of the molecule is COc1ccc([C@@H]2CN(C(=O)C(C)(C)CC(=O)O)C[C@@]2(C)[C@@H](C)O)cc1OC1CCCC1. The molecule has 32 heavy (non-hydrogen) atoms. The monoisotopic (exact) mass is 447 g/mol. The predicted octanol–water partition coefficient (Wildman–Crippen LogP) is 3.83. The zero-order valence-electron chi connectivity index (χ0n) is 19.9. The number of amides is 1. The quantitative estimate of drug-likeness (QED) is 0.629. The molecule has 0 aromatic heterocycles. The third kappa shape index (κ3) is 4.87. The lowest BCUT2D eigenvalue weighted by Gasteiger charge is -2.34. The first kappa shape index (κ1) is 24.4. The lowest BCUT2D eigenvalue weighted by Crippen LogP contribution is -2.43. The maximum Gasteiger partial charge on any atom is 0.304 e. The Hall–Kier alpha value is -2.28. The number of hydrogen-bond donors (Lipinski definition) is 2. The van der Waals surface area contributed by atoms with Gasteiger partial charge in [-0.1, -0.05) is 26.8 Å². The number of likely N-dealkylation sites (tertiary alicyclic amines) is 1. The number of aliphatic hydroxyl groups excluding tert-OH is 1. The van der Waals surface area contributed by atoms with Gasteiger partial charge in [0.05, 0.1) is 31.2 Å². The summed E-state index contributed by atoms with van der Waals surface area (Å²) in [5.74, 6) is 0.0455. The summed E-state index contributed by atoms with van der Waals surface area (Å²) in [5.41, 5.74) is -0.612. The van der Waals surface area contributed by atoms with E-state index in [-0.39, 0.29) is 24.3 Å². The summed E-state index contributed by atoms with van der Waals surface area (Å²) in [5, 5.41) is 19.9. The van der Waals surface area contributed by atoms with E-state index >= 15 is 0 Å². The minimum atomic E-state index is -1.02. The lowest BCUT2D eigenvalue weighted by molar-refractivity contribution is -0.148. The third-order valence-electron chi connectivity index (χ3n) is 7.33. The number of nitrogens with zero attached hydrogens (tertiary/aromatic N) is 1. The smallest absolute Gasteiger partial charge is 0.304 e. The number of carbonyl (C=O) groups is 2. The van der Waals surface area contributed by atoms with E-state index < -0.39 is 22.9 Å². The Labute approximate surface area is 190 Å². The summed E-state index contributed by atoms with van der Waals surface area (Å²) in [7, 11) is 1.62. The third-order valence-corrected chi connectivity index (χ3v) is 7.33. The Kier molecular flexibility index (Phi) is 7.08.